The molecule has 0 radical (unpaired) electrons. The molecule has 3 aromatic rings. The van der Waals surface area contributed by atoms with Crippen molar-refractivity contribution in [3.05, 3.63) is 77.0 Å². The summed E-state index contributed by atoms with van der Waals surface area (Å²) in [6, 6.07) is 12.5. The summed E-state index contributed by atoms with van der Waals surface area (Å²) in [4.78, 5) is 44.0. The predicted molar refractivity (Wildman–Crippen MR) is 156 cm³/mol. The van der Waals surface area contributed by atoms with Gasteiger partial charge in [0.1, 0.15) is 0 Å². The molecule has 3 aliphatic rings. The van der Waals surface area contributed by atoms with Crippen molar-refractivity contribution in [2.45, 2.75) is 50.3 Å². The lowest BCUT2D eigenvalue weighted by Gasteiger charge is -2.53. The molecule has 3 amide bonds. The van der Waals surface area contributed by atoms with Crippen molar-refractivity contribution in [2.75, 3.05) is 32.7 Å². The number of carbonyl (C=O) groups excluding carboxylic acids is 1. The van der Waals surface area contributed by atoms with Gasteiger partial charge in [-0.2, -0.15) is 5.10 Å². The summed E-state index contributed by atoms with van der Waals surface area (Å²) in [5, 5.41) is 26.1. The second-order valence-electron chi connectivity index (χ2n) is 12.1. The van der Waals surface area contributed by atoms with Crippen LogP contribution in [0.3, 0.4) is 0 Å². The lowest BCUT2D eigenvalue weighted by Crippen LogP contribution is -2.64. The fourth-order valence-corrected chi connectivity index (χ4v) is 7.26. The second kappa shape index (κ2) is 10.9. The van der Waals surface area contributed by atoms with Crippen LogP contribution in [-0.2, 0) is 13.6 Å². The molecule has 222 valence electrons. The number of piperidine rings is 1. The number of nitrogens with zero attached hydrogens (tertiary/aromatic N) is 6. The Hall–Kier alpha value is -4.12. The number of pyridine rings is 1. The van der Waals surface area contributed by atoms with Crippen molar-refractivity contribution in [1.29, 1.82) is 0 Å². The Kier molecular flexibility index (Phi) is 7.30. The molecule has 42 heavy (non-hydrogen) atoms. The third-order valence-electron chi connectivity index (χ3n) is 9.65. The van der Waals surface area contributed by atoms with Gasteiger partial charge in [0.25, 0.3) is 5.56 Å². The van der Waals surface area contributed by atoms with E-state index >= 15 is 0 Å². The largest absolute Gasteiger partial charge is 0.465 e. The molecule has 4 heterocycles. The van der Waals surface area contributed by atoms with Gasteiger partial charge < -0.3 is 29.5 Å². The highest BCUT2D eigenvalue weighted by molar-refractivity contribution is 5.76. The van der Waals surface area contributed by atoms with Crippen LogP contribution in [0, 0.1) is 5.41 Å². The number of likely N-dealkylation sites (tertiary alicyclic amines) is 1. The lowest BCUT2D eigenvalue weighted by atomic mass is 9.66. The smallest absolute Gasteiger partial charge is 0.407 e. The summed E-state index contributed by atoms with van der Waals surface area (Å²) in [6.45, 7) is 1.71. The molecule has 0 bridgehead atoms. The van der Waals surface area contributed by atoms with Crippen LogP contribution in [0.15, 0.2) is 65.8 Å². The molecule has 2 aromatic heterocycles. The lowest BCUT2D eigenvalue weighted by molar-refractivity contribution is -0.137. The van der Waals surface area contributed by atoms with E-state index in [9.17, 15) is 24.6 Å². The number of carboxylic acid groups (broad SMARTS) is 1. The van der Waals surface area contributed by atoms with Crippen molar-refractivity contribution in [2.24, 2.45) is 12.5 Å². The first-order valence-corrected chi connectivity index (χ1v) is 14.7. The highest BCUT2D eigenvalue weighted by Crippen LogP contribution is 2.52. The number of urea groups is 1. The molecule has 2 unspecified atom stereocenters. The number of amides is 3. The maximum Gasteiger partial charge on any atom is 0.407 e. The summed E-state index contributed by atoms with van der Waals surface area (Å²) in [6.07, 6.45) is 8.19. The molecule has 1 saturated carbocycles. The van der Waals surface area contributed by atoms with Crippen molar-refractivity contribution in [3.63, 3.8) is 0 Å². The molecule has 2 saturated heterocycles. The van der Waals surface area contributed by atoms with Gasteiger partial charge in [-0.25, -0.2) is 9.59 Å². The van der Waals surface area contributed by atoms with Gasteiger partial charge in [-0.1, -0.05) is 43.2 Å². The number of rotatable bonds is 4. The number of aliphatic hydroxyl groups is 1. The van der Waals surface area contributed by atoms with Gasteiger partial charge in [-0.05, 0) is 36.5 Å². The molecule has 1 aliphatic carbocycles. The third kappa shape index (κ3) is 5.06. The van der Waals surface area contributed by atoms with E-state index in [-0.39, 0.29) is 37.3 Å². The van der Waals surface area contributed by atoms with E-state index in [1.807, 2.05) is 54.5 Å². The maximum atomic E-state index is 14.1. The van der Waals surface area contributed by atoms with E-state index < -0.39 is 17.1 Å². The van der Waals surface area contributed by atoms with Crippen LogP contribution in [0.1, 0.15) is 43.7 Å². The van der Waals surface area contributed by atoms with E-state index in [2.05, 4.69) is 5.10 Å². The van der Waals surface area contributed by atoms with Gasteiger partial charge in [-0.3, -0.25) is 9.48 Å². The van der Waals surface area contributed by atoms with E-state index in [0.717, 1.165) is 42.4 Å². The third-order valence-corrected chi connectivity index (χ3v) is 9.65. The number of hydrogen-bond donors (Lipinski definition) is 2. The van der Waals surface area contributed by atoms with Crippen molar-refractivity contribution in [3.8, 4) is 11.1 Å². The number of benzene rings is 1. The minimum Gasteiger partial charge on any atom is -0.465 e. The van der Waals surface area contributed by atoms with Crippen molar-refractivity contribution in [1.82, 2.24) is 29.0 Å². The summed E-state index contributed by atoms with van der Waals surface area (Å²) >= 11 is 0. The minimum absolute atomic E-state index is 0.125. The first kappa shape index (κ1) is 28.0. The van der Waals surface area contributed by atoms with E-state index in [1.54, 1.807) is 32.6 Å². The molecular weight excluding hydrogens is 536 g/mol. The number of aromatic nitrogens is 3. The summed E-state index contributed by atoms with van der Waals surface area (Å²) < 4.78 is 3.28. The number of hydrogen-bond acceptors (Lipinski definition) is 5. The average Bonchev–Trinajstić information content (AvgIpc) is 3.65. The molecule has 6 rings (SSSR count). The van der Waals surface area contributed by atoms with E-state index in [1.165, 1.54) is 4.90 Å². The van der Waals surface area contributed by atoms with Crippen LogP contribution in [0.5, 0.6) is 0 Å². The molecule has 11 heteroatoms. The quantitative estimate of drug-likeness (QED) is 0.492. The maximum absolute atomic E-state index is 14.1. The standard InChI is InChI=1S/C31H38N6O5/c1-33-19-25(18-32-33)24-9-13-35(27(38)17-24)22-31(42)12-14-36(21-30(31)10-5-6-11-30)28(39)37-16-15-34(29(40)41)20-26(37)23-7-3-2-4-8-23/h2-4,7-9,13,17-19,26,42H,5-6,10-12,14-16,20-22H2,1H3,(H,40,41). The van der Waals surface area contributed by atoms with Gasteiger partial charge in [0.15, 0.2) is 0 Å². The zero-order valence-electron chi connectivity index (χ0n) is 23.9. The average molecular weight is 575 g/mol. The monoisotopic (exact) mass is 574 g/mol. The van der Waals surface area contributed by atoms with Crippen LogP contribution >= 0.6 is 0 Å². The highest BCUT2D eigenvalue weighted by Gasteiger charge is 2.56. The predicted octanol–water partition coefficient (Wildman–Crippen LogP) is 3.40. The normalized spacial score (nSPS) is 23.9. The highest BCUT2D eigenvalue weighted by atomic mass is 16.4. The molecule has 2 N–H and O–H groups in total. The van der Waals surface area contributed by atoms with Crippen molar-refractivity contribution >= 4 is 12.1 Å². The van der Waals surface area contributed by atoms with Gasteiger partial charge in [0, 0.05) is 69.2 Å². The Morgan fingerprint density at radius 2 is 1.76 bits per heavy atom. The summed E-state index contributed by atoms with van der Waals surface area (Å²) in [5.41, 5.74) is 0.697. The first-order valence-electron chi connectivity index (χ1n) is 14.7. The van der Waals surface area contributed by atoms with Gasteiger partial charge in [-0.15, -0.1) is 0 Å². The van der Waals surface area contributed by atoms with Gasteiger partial charge >= 0.3 is 12.1 Å². The Balaban J connectivity index is 1.23. The van der Waals surface area contributed by atoms with Crippen LogP contribution in [0.2, 0.25) is 0 Å². The Bertz CT molecular complexity index is 1510. The Morgan fingerprint density at radius 1 is 1.00 bits per heavy atom. The number of aryl methyl sites for hydroxylation is 1. The Labute approximate surface area is 244 Å². The molecule has 2 atom stereocenters. The molecule has 11 nitrogen and oxygen atoms in total. The zero-order valence-corrected chi connectivity index (χ0v) is 23.9. The zero-order chi connectivity index (χ0) is 29.5. The van der Waals surface area contributed by atoms with Gasteiger partial charge in [0.05, 0.1) is 24.4 Å². The van der Waals surface area contributed by atoms with Crippen LogP contribution in [0.25, 0.3) is 11.1 Å². The van der Waals surface area contributed by atoms with Crippen LogP contribution in [0.4, 0.5) is 9.59 Å². The van der Waals surface area contributed by atoms with Crippen LogP contribution in [-0.4, -0.2) is 89.7 Å². The molecule has 2 aliphatic heterocycles. The topological polar surface area (TPSA) is 124 Å². The van der Waals surface area contributed by atoms with Gasteiger partial charge in [0.2, 0.25) is 0 Å². The molecule has 1 spiro atoms. The second-order valence-corrected chi connectivity index (χ2v) is 12.1. The fourth-order valence-electron chi connectivity index (χ4n) is 7.26. The minimum atomic E-state index is -1.14. The molecular formula is C31H38N6O5. The SMILES string of the molecule is Cn1cc(-c2ccn(CC3(O)CCN(C(=O)N4CCN(C(=O)O)CC4c4ccccc4)CC34CCCC4)c(=O)c2)cn1. The summed E-state index contributed by atoms with van der Waals surface area (Å²) in [5.74, 6) is 0. The first-order chi connectivity index (χ1) is 20.2. The van der Waals surface area contributed by atoms with E-state index in [4.69, 9.17) is 0 Å². The number of carbonyl (C=O) groups is 2. The fraction of sp³-hybridized carbons (Fsp3) is 0.484. The van der Waals surface area contributed by atoms with Crippen molar-refractivity contribution < 1.29 is 19.8 Å². The van der Waals surface area contributed by atoms with Crippen LogP contribution < -0.4 is 5.56 Å². The Morgan fingerprint density at radius 3 is 2.43 bits per heavy atom. The number of piperazine rings is 1. The molecule has 1 aromatic carbocycles. The molecule has 3 fully saturated rings. The van der Waals surface area contributed by atoms with E-state index in [0.29, 0.717) is 26.1 Å². The summed E-state index contributed by atoms with van der Waals surface area (Å²) in [7, 11) is 1.83.